The van der Waals surface area contributed by atoms with Crippen LogP contribution in [-0.4, -0.2) is 71.0 Å². The van der Waals surface area contributed by atoms with Gasteiger partial charge < -0.3 is 14.4 Å². The molecule has 1 aliphatic rings. The minimum Gasteiger partial charge on any atom is -0.494 e. The Morgan fingerprint density at radius 2 is 1.97 bits per heavy atom. The molecule has 162 valence electrons. The smallest absolute Gasteiger partial charge is 0.435 e. The summed E-state index contributed by atoms with van der Waals surface area (Å²) in [5.41, 5.74) is -0.646. The zero-order valence-corrected chi connectivity index (χ0v) is 16.6. The Morgan fingerprint density at radius 3 is 2.63 bits per heavy atom. The highest BCUT2D eigenvalue weighted by Gasteiger charge is 2.36. The molecule has 6 nitrogen and oxygen atoms in total. The Hall–Kier alpha value is -2.43. The van der Waals surface area contributed by atoms with E-state index in [1.54, 1.807) is 0 Å². The molecule has 0 amide bonds. The fourth-order valence-corrected chi connectivity index (χ4v) is 4.00. The van der Waals surface area contributed by atoms with Crippen LogP contribution in [0.2, 0.25) is 0 Å². The number of methoxy groups -OCH3 is 1. The third kappa shape index (κ3) is 3.59. The van der Waals surface area contributed by atoms with Gasteiger partial charge in [0.2, 0.25) is 0 Å². The van der Waals surface area contributed by atoms with Gasteiger partial charge in [0.25, 0.3) is 0 Å². The second-order valence-corrected chi connectivity index (χ2v) is 7.47. The van der Waals surface area contributed by atoms with Crippen molar-refractivity contribution in [1.29, 1.82) is 0 Å². The van der Waals surface area contributed by atoms with Crippen LogP contribution in [0.5, 0.6) is 5.75 Å². The number of benzene rings is 1. The van der Waals surface area contributed by atoms with E-state index in [0.717, 1.165) is 6.20 Å². The van der Waals surface area contributed by atoms with Crippen molar-refractivity contribution in [1.82, 2.24) is 19.4 Å². The summed E-state index contributed by atoms with van der Waals surface area (Å²) in [6, 6.07) is 4.09. The number of hydrogen-bond acceptors (Lipinski definition) is 5. The highest BCUT2D eigenvalue weighted by atomic mass is 19.4. The normalized spacial score (nSPS) is 19.1. The number of nitrogens with zero attached hydrogens (tertiary/aromatic N) is 4. The second kappa shape index (κ2) is 7.68. The van der Waals surface area contributed by atoms with Crippen molar-refractivity contribution in [2.24, 2.45) is 0 Å². The number of rotatable bonds is 4. The standard InChI is InChI=1S/C20H22F4N4O2/c1-26-5-6-27(11-17(26)29)7-8-28-15-10-16(30-2)14(21)9-13(15)12-3-4-25-19(18(12)28)20(22,23)24/h3-4,9-10,17,29H,5-8,11H2,1-2H3. The molecule has 0 aliphatic carbocycles. The summed E-state index contributed by atoms with van der Waals surface area (Å²) < 4.78 is 62.1. The van der Waals surface area contributed by atoms with Crippen LogP contribution in [-0.2, 0) is 12.7 Å². The van der Waals surface area contributed by atoms with E-state index in [-0.39, 0.29) is 23.2 Å². The van der Waals surface area contributed by atoms with Gasteiger partial charge in [-0.25, -0.2) is 9.37 Å². The van der Waals surface area contributed by atoms with Gasteiger partial charge in [-0.3, -0.25) is 9.80 Å². The lowest BCUT2D eigenvalue weighted by atomic mass is 10.1. The van der Waals surface area contributed by atoms with Gasteiger partial charge in [-0.15, -0.1) is 0 Å². The molecule has 3 heterocycles. The lowest BCUT2D eigenvalue weighted by molar-refractivity contribution is -0.140. The van der Waals surface area contributed by atoms with Crippen molar-refractivity contribution in [3.8, 4) is 5.75 Å². The van der Waals surface area contributed by atoms with Crippen LogP contribution >= 0.6 is 0 Å². The molecule has 1 aliphatic heterocycles. The van der Waals surface area contributed by atoms with E-state index < -0.39 is 23.9 Å². The van der Waals surface area contributed by atoms with Crippen molar-refractivity contribution in [3.05, 3.63) is 35.9 Å². The first-order chi connectivity index (χ1) is 14.2. The molecule has 30 heavy (non-hydrogen) atoms. The quantitative estimate of drug-likeness (QED) is 0.651. The largest absolute Gasteiger partial charge is 0.494 e. The molecule has 0 radical (unpaired) electrons. The Balaban J connectivity index is 1.84. The number of piperazine rings is 1. The number of pyridine rings is 1. The van der Waals surface area contributed by atoms with Crippen molar-refractivity contribution in [2.45, 2.75) is 18.9 Å². The molecule has 1 fully saturated rings. The topological polar surface area (TPSA) is 53.8 Å². The van der Waals surface area contributed by atoms with Crippen LogP contribution in [0, 0.1) is 5.82 Å². The van der Waals surface area contributed by atoms with Crippen LogP contribution in [0.4, 0.5) is 17.6 Å². The van der Waals surface area contributed by atoms with Crippen molar-refractivity contribution in [2.75, 3.05) is 40.3 Å². The zero-order valence-electron chi connectivity index (χ0n) is 16.6. The summed E-state index contributed by atoms with van der Waals surface area (Å²) in [6.07, 6.45) is -4.19. The molecule has 1 aromatic carbocycles. The van der Waals surface area contributed by atoms with Crippen molar-refractivity contribution >= 4 is 21.8 Å². The lowest BCUT2D eigenvalue weighted by Crippen LogP contribution is -2.51. The zero-order chi connectivity index (χ0) is 21.6. The van der Waals surface area contributed by atoms with E-state index >= 15 is 0 Å². The molecule has 1 atom stereocenters. The van der Waals surface area contributed by atoms with Crippen molar-refractivity contribution in [3.63, 3.8) is 0 Å². The summed E-state index contributed by atoms with van der Waals surface area (Å²) in [5.74, 6) is -0.681. The lowest BCUT2D eigenvalue weighted by Gasteiger charge is -2.36. The maximum atomic E-state index is 14.3. The second-order valence-electron chi connectivity index (χ2n) is 7.47. The molecule has 4 rings (SSSR count). The van der Waals surface area contributed by atoms with Crippen LogP contribution in [0.1, 0.15) is 5.69 Å². The van der Waals surface area contributed by atoms with Gasteiger partial charge in [0.05, 0.1) is 18.1 Å². The van der Waals surface area contributed by atoms with Gasteiger partial charge in [0.1, 0.15) is 6.23 Å². The van der Waals surface area contributed by atoms with Crippen LogP contribution in [0.3, 0.4) is 0 Å². The van der Waals surface area contributed by atoms with Crippen LogP contribution in [0.25, 0.3) is 21.8 Å². The number of ether oxygens (including phenoxy) is 1. The number of aromatic nitrogens is 2. The van der Waals surface area contributed by atoms with Gasteiger partial charge in [-0.2, -0.15) is 13.2 Å². The summed E-state index contributed by atoms with van der Waals surface area (Å²) >= 11 is 0. The molecule has 0 saturated carbocycles. The predicted octanol–water partition coefficient (Wildman–Crippen LogP) is 2.92. The van der Waals surface area contributed by atoms with E-state index in [4.69, 9.17) is 4.74 Å². The van der Waals surface area contributed by atoms with Gasteiger partial charge >= 0.3 is 6.18 Å². The Bertz CT molecular complexity index is 1080. The van der Waals surface area contributed by atoms with Gasteiger partial charge in [-0.1, -0.05) is 0 Å². The minimum absolute atomic E-state index is 0.0388. The fraction of sp³-hybridized carbons (Fsp3) is 0.450. The average Bonchev–Trinajstić information content (AvgIpc) is 3.00. The van der Waals surface area contributed by atoms with Crippen LogP contribution < -0.4 is 4.74 Å². The number of aliphatic hydroxyl groups excluding tert-OH is 1. The molecule has 0 bridgehead atoms. The molecular weight excluding hydrogens is 404 g/mol. The van der Waals surface area contributed by atoms with E-state index in [2.05, 4.69) is 4.98 Å². The maximum Gasteiger partial charge on any atom is 0.435 e. The van der Waals surface area contributed by atoms with E-state index in [1.807, 2.05) is 16.8 Å². The summed E-state index contributed by atoms with van der Waals surface area (Å²) in [4.78, 5) is 7.39. The van der Waals surface area contributed by atoms with Crippen molar-refractivity contribution < 1.29 is 27.4 Å². The summed E-state index contributed by atoms with van der Waals surface area (Å²) in [6.45, 7) is 2.39. The fourth-order valence-electron chi connectivity index (χ4n) is 4.00. The third-order valence-electron chi connectivity index (χ3n) is 5.65. The summed E-state index contributed by atoms with van der Waals surface area (Å²) in [7, 11) is 3.13. The number of β-amino-alcohol motifs (C(OH)–C–C–N with tert-alkyl or cyclic N) is 1. The molecule has 10 heteroatoms. The monoisotopic (exact) mass is 426 g/mol. The first-order valence-electron chi connectivity index (χ1n) is 9.53. The van der Waals surface area contributed by atoms with E-state index in [1.165, 1.54) is 29.9 Å². The molecular formula is C20H22F4N4O2. The Labute approximate surface area is 170 Å². The number of hydrogen-bond donors (Lipinski definition) is 1. The first kappa shape index (κ1) is 20.8. The van der Waals surface area contributed by atoms with Gasteiger partial charge in [-0.05, 0) is 19.2 Å². The van der Waals surface area contributed by atoms with Gasteiger partial charge in [0.15, 0.2) is 17.3 Å². The molecule has 1 N–H and O–H groups in total. The summed E-state index contributed by atoms with van der Waals surface area (Å²) in [5, 5.41) is 10.7. The van der Waals surface area contributed by atoms with Crippen LogP contribution in [0.15, 0.2) is 24.4 Å². The highest BCUT2D eigenvalue weighted by Crippen LogP contribution is 2.39. The molecule has 1 unspecified atom stereocenters. The number of aliphatic hydroxyl groups is 1. The molecule has 0 spiro atoms. The maximum absolute atomic E-state index is 14.3. The minimum atomic E-state index is -4.65. The number of alkyl halides is 3. The third-order valence-corrected chi connectivity index (χ3v) is 5.65. The number of halogens is 4. The predicted molar refractivity (Wildman–Crippen MR) is 104 cm³/mol. The van der Waals surface area contributed by atoms with E-state index in [9.17, 15) is 22.7 Å². The highest BCUT2D eigenvalue weighted by molar-refractivity contribution is 6.09. The average molecular weight is 426 g/mol. The molecule has 3 aromatic rings. The molecule has 1 saturated heterocycles. The SMILES string of the molecule is COc1cc2c(cc1F)c1ccnc(C(F)(F)F)c1n2CCN1CCN(C)C(O)C1. The molecule has 2 aromatic heterocycles. The first-order valence-corrected chi connectivity index (χ1v) is 9.53. The Kier molecular flexibility index (Phi) is 5.33. The number of likely N-dealkylation sites (N-methyl/N-ethyl adjacent to an activating group) is 1. The van der Waals surface area contributed by atoms with E-state index in [0.29, 0.717) is 37.1 Å². The Morgan fingerprint density at radius 1 is 1.20 bits per heavy atom. The van der Waals surface area contributed by atoms with Gasteiger partial charge in [0, 0.05) is 55.8 Å². The number of fused-ring (bicyclic) bond motifs is 3.